The summed E-state index contributed by atoms with van der Waals surface area (Å²) >= 11 is 0. The highest BCUT2D eigenvalue weighted by Crippen LogP contribution is 2.61. The van der Waals surface area contributed by atoms with Crippen LogP contribution in [-0.2, 0) is 9.59 Å². The smallest absolute Gasteiger partial charge is 0.257 e. The lowest BCUT2D eigenvalue weighted by molar-refractivity contribution is -0.129. The average Bonchev–Trinajstić information content (AvgIpc) is 4.09. The number of rotatable bonds is 18. The first kappa shape index (κ1) is 41.4. The second-order valence-electron chi connectivity index (χ2n) is 19.1. The van der Waals surface area contributed by atoms with E-state index in [0.717, 1.165) is 105 Å². The highest BCUT2D eigenvalue weighted by molar-refractivity contribution is 5.94. The number of carbonyl (C=O) groups is 2. The molecule has 1 aliphatic heterocycles. The molecule has 324 valence electrons. The standard InChI is InChI=1S/C49H64N8O4/c1-33-22-45(59)57(40-11-9-10-38(26-40)52-47(60)37-12-13-37)46-41(33)32-51-48(54-46)53-42-15-14-39(27-43(42)61-2)56-20-18-55(19-21-56)17-8-6-4-3-5-7-16-50-44(58)31-49-28-34-23-35(29-49)25-36(24-34)30-49/h9-11,14-15,22,26-27,32,34-37H,3-8,12-13,16-21,23-25,28-31H2,1-2H3,(H,50,58)(H,52,60)(H,51,53,54). The first-order valence-corrected chi connectivity index (χ1v) is 23.2. The van der Waals surface area contributed by atoms with Gasteiger partial charge in [0.2, 0.25) is 17.8 Å². The van der Waals surface area contributed by atoms with Crippen LogP contribution in [0.15, 0.2) is 59.5 Å². The van der Waals surface area contributed by atoms with Crippen LogP contribution in [0.5, 0.6) is 5.75 Å². The maximum Gasteiger partial charge on any atom is 0.257 e. The number of amides is 2. The summed E-state index contributed by atoms with van der Waals surface area (Å²) in [6.07, 6.45) is 19.9. The number of ether oxygens (including phenoxy) is 1. The summed E-state index contributed by atoms with van der Waals surface area (Å²) in [6, 6.07) is 15.1. The number of anilines is 4. The summed E-state index contributed by atoms with van der Waals surface area (Å²) < 4.78 is 7.42. The molecule has 4 aromatic rings. The van der Waals surface area contributed by atoms with Crippen LogP contribution in [0.2, 0.25) is 0 Å². The molecule has 6 fully saturated rings. The third-order valence-electron chi connectivity index (χ3n) is 14.4. The number of fused-ring (bicyclic) bond motifs is 1. The Labute approximate surface area is 360 Å². The van der Waals surface area contributed by atoms with E-state index < -0.39 is 0 Å². The summed E-state index contributed by atoms with van der Waals surface area (Å²) in [7, 11) is 1.67. The molecule has 5 saturated carbocycles. The number of aryl methyl sites for hydroxylation is 1. The summed E-state index contributed by atoms with van der Waals surface area (Å²) in [4.78, 5) is 53.2. The monoisotopic (exact) mass is 829 g/mol. The van der Waals surface area contributed by atoms with Crippen molar-refractivity contribution in [3.05, 3.63) is 70.6 Å². The molecule has 0 radical (unpaired) electrons. The minimum absolute atomic E-state index is 0.0123. The molecular weight excluding hydrogens is 765 g/mol. The van der Waals surface area contributed by atoms with Crippen molar-refractivity contribution in [3.63, 3.8) is 0 Å². The van der Waals surface area contributed by atoms with E-state index in [2.05, 4.69) is 42.9 Å². The van der Waals surface area contributed by atoms with Crippen LogP contribution in [0.25, 0.3) is 16.7 Å². The molecule has 0 unspecified atom stereocenters. The Morgan fingerprint density at radius 3 is 2.30 bits per heavy atom. The van der Waals surface area contributed by atoms with E-state index in [9.17, 15) is 14.4 Å². The van der Waals surface area contributed by atoms with Crippen LogP contribution < -0.4 is 31.1 Å². The van der Waals surface area contributed by atoms with Crippen molar-refractivity contribution >= 4 is 45.9 Å². The van der Waals surface area contributed by atoms with Gasteiger partial charge in [0, 0.05) is 80.2 Å². The normalized spacial score (nSPS) is 23.3. The second-order valence-corrected chi connectivity index (χ2v) is 19.1. The van der Waals surface area contributed by atoms with Gasteiger partial charge in [-0.1, -0.05) is 31.7 Å². The van der Waals surface area contributed by atoms with Gasteiger partial charge in [-0.05, 0) is 137 Å². The predicted molar refractivity (Wildman–Crippen MR) is 242 cm³/mol. The zero-order chi connectivity index (χ0) is 41.9. The van der Waals surface area contributed by atoms with Gasteiger partial charge in [0.05, 0.1) is 18.5 Å². The van der Waals surface area contributed by atoms with Crippen molar-refractivity contribution in [2.45, 2.75) is 103 Å². The first-order valence-electron chi connectivity index (χ1n) is 23.2. The van der Waals surface area contributed by atoms with Gasteiger partial charge in [-0.15, -0.1) is 0 Å². The fraction of sp³-hybridized carbons (Fsp3) is 0.571. The van der Waals surface area contributed by atoms with E-state index in [-0.39, 0.29) is 17.4 Å². The first-order chi connectivity index (χ1) is 29.7. The van der Waals surface area contributed by atoms with Crippen molar-refractivity contribution in [1.29, 1.82) is 0 Å². The third-order valence-corrected chi connectivity index (χ3v) is 14.4. The quantitative estimate of drug-likeness (QED) is 0.0847. The number of unbranched alkanes of at least 4 members (excludes halogenated alkanes) is 5. The lowest BCUT2D eigenvalue weighted by atomic mass is 9.49. The van der Waals surface area contributed by atoms with Crippen LogP contribution in [0.4, 0.5) is 23.0 Å². The number of benzene rings is 2. The van der Waals surface area contributed by atoms with Crippen molar-refractivity contribution in [2.75, 3.05) is 61.9 Å². The molecule has 12 heteroatoms. The van der Waals surface area contributed by atoms with Crippen molar-refractivity contribution < 1.29 is 14.3 Å². The predicted octanol–water partition coefficient (Wildman–Crippen LogP) is 8.38. The lowest BCUT2D eigenvalue weighted by Gasteiger charge is -2.56. The highest BCUT2D eigenvalue weighted by atomic mass is 16.5. The van der Waals surface area contributed by atoms with Crippen LogP contribution >= 0.6 is 0 Å². The zero-order valence-electron chi connectivity index (χ0n) is 36.2. The van der Waals surface area contributed by atoms with Gasteiger partial charge >= 0.3 is 0 Å². The second kappa shape index (κ2) is 18.2. The molecule has 2 aromatic heterocycles. The van der Waals surface area contributed by atoms with Crippen molar-refractivity contribution in [3.8, 4) is 11.4 Å². The summed E-state index contributed by atoms with van der Waals surface area (Å²) in [5.41, 5.74) is 4.48. The Morgan fingerprint density at radius 1 is 0.852 bits per heavy atom. The largest absolute Gasteiger partial charge is 0.494 e. The van der Waals surface area contributed by atoms with Crippen LogP contribution in [0, 0.1) is 36.0 Å². The van der Waals surface area contributed by atoms with Crippen LogP contribution in [0.3, 0.4) is 0 Å². The van der Waals surface area contributed by atoms with E-state index in [1.807, 2.05) is 37.3 Å². The van der Waals surface area contributed by atoms with Gasteiger partial charge in [-0.25, -0.2) is 4.98 Å². The van der Waals surface area contributed by atoms with E-state index in [4.69, 9.17) is 9.72 Å². The topological polar surface area (TPSA) is 134 Å². The van der Waals surface area contributed by atoms with Crippen LogP contribution in [0.1, 0.15) is 102 Å². The molecule has 61 heavy (non-hydrogen) atoms. The number of hydrogen-bond acceptors (Lipinski definition) is 9. The Morgan fingerprint density at radius 2 is 1.57 bits per heavy atom. The number of carbonyl (C=O) groups excluding carboxylic acids is 2. The fourth-order valence-electron chi connectivity index (χ4n) is 11.5. The molecule has 4 bridgehead atoms. The number of nitrogens with zero attached hydrogens (tertiary/aromatic N) is 5. The van der Waals surface area contributed by atoms with Gasteiger partial charge in [0.1, 0.15) is 5.75 Å². The molecule has 6 aliphatic rings. The number of piperazine rings is 1. The fourth-order valence-corrected chi connectivity index (χ4v) is 11.5. The number of pyridine rings is 1. The van der Waals surface area contributed by atoms with E-state index in [1.165, 1.54) is 70.6 Å². The van der Waals surface area contributed by atoms with Crippen molar-refractivity contribution in [2.24, 2.45) is 29.1 Å². The van der Waals surface area contributed by atoms with Crippen molar-refractivity contribution in [1.82, 2.24) is 24.8 Å². The van der Waals surface area contributed by atoms with Gasteiger partial charge in [0.15, 0.2) is 5.65 Å². The molecule has 1 saturated heterocycles. The van der Waals surface area contributed by atoms with Gasteiger partial charge in [-0.2, -0.15) is 4.98 Å². The number of aromatic nitrogens is 3. The van der Waals surface area contributed by atoms with Crippen LogP contribution in [-0.4, -0.2) is 77.6 Å². The summed E-state index contributed by atoms with van der Waals surface area (Å²) in [6.45, 7) is 7.85. The van der Waals surface area contributed by atoms with E-state index in [1.54, 1.807) is 23.9 Å². The molecule has 3 heterocycles. The molecule has 0 spiro atoms. The van der Waals surface area contributed by atoms with Gasteiger partial charge < -0.3 is 25.6 Å². The molecule has 12 nitrogen and oxygen atoms in total. The molecule has 0 atom stereocenters. The van der Waals surface area contributed by atoms with E-state index in [0.29, 0.717) is 40.0 Å². The zero-order valence-corrected chi connectivity index (χ0v) is 36.2. The SMILES string of the molecule is COc1cc(N2CCN(CCCCCCCCNC(=O)CC34CC5CC(CC(C5)C3)C4)CC2)ccc1Nc1ncc2c(C)cc(=O)n(-c3cccc(NC(=O)C4CC4)c3)c2n1. The Balaban J connectivity index is 0.713. The average molecular weight is 829 g/mol. The minimum Gasteiger partial charge on any atom is -0.494 e. The number of nitrogens with one attached hydrogen (secondary N) is 3. The lowest BCUT2D eigenvalue weighted by Crippen LogP contribution is -2.48. The molecule has 2 aromatic carbocycles. The molecule has 10 rings (SSSR count). The Kier molecular flexibility index (Phi) is 12.3. The Hall–Kier alpha value is -4.97. The number of hydrogen-bond donors (Lipinski definition) is 3. The summed E-state index contributed by atoms with van der Waals surface area (Å²) in [5.74, 6) is 4.14. The van der Waals surface area contributed by atoms with Gasteiger partial charge in [-0.3, -0.25) is 23.9 Å². The van der Waals surface area contributed by atoms with E-state index >= 15 is 0 Å². The molecule has 2 amide bonds. The maximum absolute atomic E-state index is 13.4. The summed E-state index contributed by atoms with van der Waals surface area (Å²) in [5, 5.41) is 10.4. The molecule has 3 N–H and O–H groups in total. The van der Waals surface area contributed by atoms with Gasteiger partial charge in [0.25, 0.3) is 5.56 Å². The molecular formula is C49H64N8O4. The highest BCUT2D eigenvalue weighted by Gasteiger charge is 2.51. The maximum atomic E-state index is 13.4. The Bertz CT molecular complexity index is 2240. The minimum atomic E-state index is -0.215. The molecule has 5 aliphatic carbocycles. The number of methoxy groups -OCH3 is 1. The third kappa shape index (κ3) is 9.74.